The number of nitrogens with zero attached hydrogens (tertiary/aromatic N) is 1. The molecule has 0 aliphatic rings. The van der Waals surface area contributed by atoms with Crippen molar-refractivity contribution in [2.24, 2.45) is 0 Å². The van der Waals surface area contributed by atoms with Crippen LogP contribution < -0.4 is 0 Å². The van der Waals surface area contributed by atoms with Crippen molar-refractivity contribution in [3.8, 4) is 0 Å². The van der Waals surface area contributed by atoms with E-state index in [4.69, 9.17) is 4.42 Å². The van der Waals surface area contributed by atoms with Crippen LogP contribution in [0.4, 0.5) is 0 Å². The van der Waals surface area contributed by atoms with Gasteiger partial charge in [0.15, 0.2) is 0 Å². The minimum absolute atomic E-state index is 0.267. The van der Waals surface area contributed by atoms with Crippen molar-refractivity contribution in [2.45, 2.75) is 13.1 Å². The van der Waals surface area contributed by atoms with E-state index in [1.165, 1.54) is 4.88 Å². The van der Waals surface area contributed by atoms with E-state index in [-0.39, 0.29) is 5.56 Å². The molecule has 3 rings (SSSR count). The van der Waals surface area contributed by atoms with Crippen LogP contribution in [-0.4, -0.2) is 23.0 Å². The van der Waals surface area contributed by atoms with Gasteiger partial charge >= 0.3 is 5.97 Å². The third kappa shape index (κ3) is 2.84. The second kappa shape index (κ2) is 5.71. The molecule has 4 nitrogen and oxygen atoms in total. The lowest BCUT2D eigenvalue weighted by Gasteiger charge is -2.14. The Morgan fingerprint density at radius 1 is 1.24 bits per heavy atom. The van der Waals surface area contributed by atoms with Crippen LogP contribution in [-0.2, 0) is 13.1 Å². The van der Waals surface area contributed by atoms with E-state index in [1.54, 1.807) is 23.5 Å². The molecule has 0 amide bonds. The van der Waals surface area contributed by atoms with Crippen molar-refractivity contribution in [3.63, 3.8) is 0 Å². The van der Waals surface area contributed by atoms with E-state index < -0.39 is 5.97 Å². The first kappa shape index (κ1) is 13.9. The van der Waals surface area contributed by atoms with Crippen molar-refractivity contribution in [3.05, 3.63) is 58.0 Å². The Balaban J connectivity index is 1.89. The van der Waals surface area contributed by atoms with Gasteiger partial charge in [-0.1, -0.05) is 24.3 Å². The zero-order chi connectivity index (χ0) is 14.8. The van der Waals surface area contributed by atoms with Crippen molar-refractivity contribution in [1.82, 2.24) is 4.90 Å². The zero-order valence-corrected chi connectivity index (χ0v) is 12.4. The van der Waals surface area contributed by atoms with Crippen molar-refractivity contribution in [1.29, 1.82) is 0 Å². The lowest BCUT2D eigenvalue weighted by Crippen LogP contribution is -2.17. The third-order valence-corrected chi connectivity index (χ3v) is 4.16. The molecule has 2 aromatic heterocycles. The predicted octanol–water partition coefficient (Wildman–Crippen LogP) is 3.82. The molecule has 0 saturated carbocycles. The topological polar surface area (TPSA) is 53.7 Å². The Bertz CT molecular complexity index is 761. The average molecular weight is 301 g/mol. The van der Waals surface area contributed by atoms with Gasteiger partial charge in [0.2, 0.25) is 0 Å². The average Bonchev–Trinajstić information content (AvgIpc) is 3.04. The number of rotatable bonds is 5. The number of thiophene rings is 1. The van der Waals surface area contributed by atoms with Gasteiger partial charge in [-0.2, -0.15) is 0 Å². The molecule has 5 heteroatoms. The summed E-state index contributed by atoms with van der Waals surface area (Å²) in [6.45, 7) is 1.24. The van der Waals surface area contributed by atoms with Crippen LogP contribution >= 0.6 is 11.3 Å². The number of carboxylic acids is 1. The Morgan fingerprint density at radius 2 is 2.05 bits per heavy atom. The monoisotopic (exact) mass is 301 g/mol. The molecule has 0 radical (unpaired) electrons. The fourth-order valence-corrected chi connectivity index (χ4v) is 3.20. The van der Waals surface area contributed by atoms with E-state index in [2.05, 4.69) is 11.0 Å². The summed E-state index contributed by atoms with van der Waals surface area (Å²) in [7, 11) is 1.96. The van der Waals surface area contributed by atoms with Crippen LogP contribution in [0.3, 0.4) is 0 Å². The molecule has 21 heavy (non-hydrogen) atoms. The number of para-hydroxylation sites is 1. The molecule has 2 heterocycles. The number of fused-ring (bicyclic) bond motifs is 1. The molecule has 1 N–H and O–H groups in total. The molecule has 0 spiro atoms. The highest BCUT2D eigenvalue weighted by Crippen LogP contribution is 2.27. The highest BCUT2D eigenvalue weighted by atomic mass is 32.1. The molecular weight excluding hydrogens is 286 g/mol. The summed E-state index contributed by atoms with van der Waals surface area (Å²) in [5, 5.41) is 12.1. The summed E-state index contributed by atoms with van der Waals surface area (Å²) < 4.78 is 5.73. The zero-order valence-electron chi connectivity index (χ0n) is 11.6. The minimum Gasteiger partial charge on any atom is -0.478 e. The highest BCUT2D eigenvalue weighted by molar-refractivity contribution is 7.09. The van der Waals surface area contributed by atoms with Crippen LogP contribution in [0.15, 0.2) is 46.2 Å². The fourth-order valence-electron chi connectivity index (χ4n) is 2.41. The first-order chi connectivity index (χ1) is 10.1. The standard InChI is InChI=1S/C16H15NO3S/c1-17(9-11-5-4-8-21-11)10-14-15(16(18)19)12-6-2-3-7-13(12)20-14/h2-8H,9-10H2,1H3,(H,18,19). The third-order valence-electron chi connectivity index (χ3n) is 3.30. The number of benzene rings is 1. The van der Waals surface area contributed by atoms with E-state index in [0.29, 0.717) is 23.3 Å². The molecule has 0 fully saturated rings. The minimum atomic E-state index is -0.945. The largest absolute Gasteiger partial charge is 0.478 e. The van der Waals surface area contributed by atoms with Crippen LogP contribution in [0, 0.1) is 0 Å². The van der Waals surface area contributed by atoms with Gasteiger partial charge in [0.05, 0.1) is 6.54 Å². The van der Waals surface area contributed by atoms with Gasteiger partial charge in [0.1, 0.15) is 16.9 Å². The molecule has 0 saturated heterocycles. The Kier molecular flexibility index (Phi) is 3.77. The van der Waals surface area contributed by atoms with Gasteiger partial charge in [0.25, 0.3) is 0 Å². The first-order valence-electron chi connectivity index (χ1n) is 6.60. The van der Waals surface area contributed by atoms with Gasteiger partial charge < -0.3 is 9.52 Å². The van der Waals surface area contributed by atoms with Crippen molar-refractivity contribution < 1.29 is 14.3 Å². The maximum absolute atomic E-state index is 11.5. The summed E-state index contributed by atoms with van der Waals surface area (Å²) in [6, 6.07) is 11.3. The fraction of sp³-hybridized carbons (Fsp3) is 0.188. The van der Waals surface area contributed by atoms with E-state index in [9.17, 15) is 9.90 Å². The molecule has 108 valence electrons. The second-order valence-corrected chi connectivity index (χ2v) is 5.99. The maximum atomic E-state index is 11.5. The lowest BCUT2D eigenvalue weighted by molar-refractivity contribution is 0.0695. The van der Waals surface area contributed by atoms with Gasteiger partial charge in [-0.05, 0) is 24.6 Å². The Labute approximate surface area is 126 Å². The molecular formula is C16H15NO3S. The molecule has 3 aromatic rings. The van der Waals surface area contributed by atoms with Crippen LogP contribution in [0.25, 0.3) is 11.0 Å². The number of hydrogen-bond acceptors (Lipinski definition) is 4. The molecule has 0 atom stereocenters. The normalized spacial score (nSPS) is 11.3. The van der Waals surface area contributed by atoms with E-state index >= 15 is 0 Å². The first-order valence-corrected chi connectivity index (χ1v) is 7.47. The smallest absolute Gasteiger partial charge is 0.339 e. The predicted molar refractivity (Wildman–Crippen MR) is 82.7 cm³/mol. The summed E-state index contributed by atoms with van der Waals surface area (Å²) in [4.78, 5) is 14.8. The van der Waals surface area contributed by atoms with Gasteiger partial charge in [-0.15, -0.1) is 11.3 Å². The van der Waals surface area contributed by atoms with Crippen LogP contribution in [0.1, 0.15) is 21.0 Å². The molecule has 0 aliphatic carbocycles. The van der Waals surface area contributed by atoms with Crippen molar-refractivity contribution in [2.75, 3.05) is 7.05 Å². The van der Waals surface area contributed by atoms with Crippen LogP contribution in [0.5, 0.6) is 0 Å². The number of hydrogen-bond donors (Lipinski definition) is 1. The molecule has 0 unspecified atom stereocenters. The Hall–Kier alpha value is -2.11. The van der Waals surface area contributed by atoms with Gasteiger partial charge in [-0.3, -0.25) is 4.90 Å². The summed E-state index contributed by atoms with van der Waals surface area (Å²) in [5.41, 5.74) is 0.887. The number of aromatic carboxylic acids is 1. The quantitative estimate of drug-likeness (QED) is 0.778. The van der Waals surface area contributed by atoms with E-state index in [1.807, 2.05) is 30.6 Å². The molecule has 1 aromatic carbocycles. The summed E-state index contributed by atoms with van der Waals surface area (Å²) in [5.74, 6) is -0.442. The Morgan fingerprint density at radius 3 is 2.76 bits per heavy atom. The van der Waals surface area contributed by atoms with Gasteiger partial charge in [0, 0.05) is 16.8 Å². The molecule has 0 bridgehead atoms. The molecule has 0 aliphatic heterocycles. The SMILES string of the molecule is CN(Cc1cccs1)Cc1oc2ccccc2c1C(=O)O. The number of carboxylic acid groups (broad SMARTS) is 1. The maximum Gasteiger partial charge on any atom is 0.339 e. The number of carbonyl (C=O) groups is 1. The second-order valence-electron chi connectivity index (χ2n) is 4.95. The number of furan rings is 1. The summed E-state index contributed by atoms with van der Waals surface area (Å²) >= 11 is 1.69. The van der Waals surface area contributed by atoms with E-state index in [0.717, 1.165) is 6.54 Å². The van der Waals surface area contributed by atoms with Gasteiger partial charge in [-0.25, -0.2) is 4.79 Å². The van der Waals surface area contributed by atoms with Crippen molar-refractivity contribution >= 4 is 28.3 Å². The summed E-state index contributed by atoms with van der Waals surface area (Å²) in [6.07, 6.45) is 0. The van der Waals surface area contributed by atoms with Crippen LogP contribution in [0.2, 0.25) is 0 Å². The lowest BCUT2D eigenvalue weighted by atomic mass is 10.1. The highest BCUT2D eigenvalue weighted by Gasteiger charge is 2.20.